The van der Waals surface area contributed by atoms with Crippen LogP contribution in [-0.4, -0.2) is 26.0 Å². The Hall–Kier alpha value is -2.80. The van der Waals surface area contributed by atoms with E-state index in [0.717, 1.165) is 46.2 Å². The first-order valence-corrected chi connectivity index (χ1v) is 10.8. The van der Waals surface area contributed by atoms with E-state index < -0.39 is 0 Å². The summed E-state index contributed by atoms with van der Waals surface area (Å²) in [5.41, 5.74) is 7.56. The number of anilines is 1. The molecule has 1 aromatic heterocycles. The van der Waals surface area contributed by atoms with Crippen LogP contribution in [0.5, 0.6) is 0 Å². The van der Waals surface area contributed by atoms with Gasteiger partial charge in [-0.15, -0.1) is 10.2 Å². The lowest BCUT2D eigenvalue weighted by Crippen LogP contribution is -2.41. The van der Waals surface area contributed by atoms with Crippen molar-refractivity contribution in [1.29, 1.82) is 0 Å². The number of nitrogens with one attached hydrogen (secondary N) is 2. The van der Waals surface area contributed by atoms with Crippen LogP contribution in [-0.2, 0) is 11.2 Å². The van der Waals surface area contributed by atoms with Gasteiger partial charge in [0.15, 0.2) is 5.82 Å². The van der Waals surface area contributed by atoms with E-state index in [2.05, 4.69) is 27.9 Å². The van der Waals surface area contributed by atoms with Crippen LogP contribution in [0.15, 0.2) is 53.7 Å². The van der Waals surface area contributed by atoms with E-state index in [-0.39, 0.29) is 17.2 Å². The normalized spacial score (nSPS) is 18.0. The minimum atomic E-state index is -0.372. The molecule has 29 heavy (non-hydrogen) atoms. The summed E-state index contributed by atoms with van der Waals surface area (Å²) in [6.45, 7) is 6.15. The number of carbonyl (C=O) groups excluding carboxylic acids is 1. The van der Waals surface area contributed by atoms with Crippen LogP contribution in [0.3, 0.4) is 0 Å². The molecule has 2 aromatic carbocycles. The average molecular weight is 408 g/mol. The van der Waals surface area contributed by atoms with E-state index in [1.54, 1.807) is 0 Å². The molecule has 1 aliphatic rings. The number of rotatable bonds is 5. The number of amides is 1. The second-order valence-corrected chi connectivity index (χ2v) is 8.46. The van der Waals surface area contributed by atoms with E-state index in [9.17, 15) is 4.79 Å². The molecule has 0 fully saturated rings. The Bertz CT molecular complexity index is 1020. The minimum absolute atomic E-state index is 0.0451. The predicted octanol–water partition coefficient (Wildman–Crippen LogP) is 4.25. The fraction of sp³-hybridized carbons (Fsp3) is 0.318. The standard InChI is InChI=1S/C22H25N5OS/c1-4-8-18-24-25-22-27(18)26-19(16-9-6-5-7-10-16)20(29-22)21(28)23-17-13-14(2)11-12-15(17)3/h5-7,9-13,19-20,26H,4,8H2,1-3H3,(H,23,28)/t19-,20+/m0/s1. The Labute approximate surface area is 175 Å². The summed E-state index contributed by atoms with van der Waals surface area (Å²) in [5, 5.41) is 12.1. The summed E-state index contributed by atoms with van der Waals surface area (Å²) in [4.78, 5) is 13.3. The van der Waals surface area contributed by atoms with Crippen LogP contribution < -0.4 is 10.7 Å². The summed E-state index contributed by atoms with van der Waals surface area (Å²) >= 11 is 1.46. The highest BCUT2D eigenvalue weighted by Gasteiger charge is 2.37. The molecule has 0 aliphatic carbocycles. The van der Waals surface area contributed by atoms with Crippen molar-refractivity contribution >= 4 is 23.4 Å². The lowest BCUT2D eigenvalue weighted by Gasteiger charge is -2.33. The first-order chi connectivity index (χ1) is 14.1. The van der Waals surface area contributed by atoms with Crippen LogP contribution >= 0.6 is 11.8 Å². The van der Waals surface area contributed by atoms with E-state index in [4.69, 9.17) is 0 Å². The number of aryl methyl sites for hydroxylation is 3. The molecule has 0 radical (unpaired) electrons. The van der Waals surface area contributed by atoms with Gasteiger partial charge in [-0.3, -0.25) is 4.79 Å². The second-order valence-electron chi connectivity index (χ2n) is 7.35. The highest BCUT2D eigenvalue weighted by Crippen LogP contribution is 2.37. The molecule has 1 aliphatic heterocycles. The molecule has 2 N–H and O–H groups in total. The number of fused-ring (bicyclic) bond motifs is 1. The quantitative estimate of drug-likeness (QED) is 0.662. The van der Waals surface area contributed by atoms with Gasteiger partial charge in [0.1, 0.15) is 5.25 Å². The Balaban J connectivity index is 1.67. The van der Waals surface area contributed by atoms with Gasteiger partial charge < -0.3 is 10.7 Å². The number of hydrogen-bond donors (Lipinski definition) is 2. The summed E-state index contributed by atoms with van der Waals surface area (Å²) < 4.78 is 1.94. The Morgan fingerprint density at radius 2 is 1.97 bits per heavy atom. The molecule has 7 heteroatoms. The van der Waals surface area contributed by atoms with Gasteiger partial charge in [0.05, 0.1) is 6.04 Å². The summed E-state index contributed by atoms with van der Waals surface area (Å²) in [6, 6.07) is 16.0. The fourth-order valence-corrected chi connectivity index (χ4v) is 4.57. The number of carbonyl (C=O) groups is 1. The number of thioether (sulfide) groups is 1. The third-order valence-electron chi connectivity index (χ3n) is 5.05. The van der Waals surface area contributed by atoms with Crippen molar-refractivity contribution in [2.45, 2.75) is 50.1 Å². The average Bonchev–Trinajstić information content (AvgIpc) is 3.12. The lowest BCUT2D eigenvalue weighted by atomic mass is 10.0. The van der Waals surface area contributed by atoms with Crippen molar-refractivity contribution in [1.82, 2.24) is 14.9 Å². The van der Waals surface area contributed by atoms with Crippen LogP contribution in [0.25, 0.3) is 0 Å². The Morgan fingerprint density at radius 1 is 1.17 bits per heavy atom. The number of benzene rings is 2. The van der Waals surface area contributed by atoms with Crippen molar-refractivity contribution in [2.24, 2.45) is 0 Å². The van der Waals surface area contributed by atoms with Crippen molar-refractivity contribution < 1.29 is 4.79 Å². The molecule has 150 valence electrons. The molecule has 0 bridgehead atoms. The molecule has 6 nitrogen and oxygen atoms in total. The van der Waals surface area contributed by atoms with Crippen LogP contribution in [0.2, 0.25) is 0 Å². The molecule has 2 atom stereocenters. The maximum Gasteiger partial charge on any atom is 0.240 e. The fourth-order valence-electron chi connectivity index (χ4n) is 3.47. The van der Waals surface area contributed by atoms with Gasteiger partial charge in [-0.25, -0.2) is 4.68 Å². The Kier molecular flexibility index (Phi) is 5.58. The van der Waals surface area contributed by atoms with Crippen molar-refractivity contribution in [3.63, 3.8) is 0 Å². The SMILES string of the molecule is CCCc1nnc2n1N[C@@H](c1ccccc1)[C@H](C(=O)Nc1cc(C)ccc1C)S2. The second kappa shape index (κ2) is 8.29. The molecule has 0 spiro atoms. The zero-order valence-corrected chi connectivity index (χ0v) is 17.7. The van der Waals surface area contributed by atoms with Gasteiger partial charge in [-0.05, 0) is 43.0 Å². The van der Waals surface area contributed by atoms with Crippen LogP contribution in [0.1, 0.15) is 41.9 Å². The first kappa shape index (κ1) is 19.5. The van der Waals surface area contributed by atoms with E-state index in [1.807, 2.05) is 67.1 Å². The third-order valence-corrected chi connectivity index (χ3v) is 6.26. The molecular weight excluding hydrogens is 382 g/mol. The zero-order chi connectivity index (χ0) is 20.4. The molecule has 0 saturated heterocycles. The minimum Gasteiger partial charge on any atom is -0.325 e. The van der Waals surface area contributed by atoms with Gasteiger partial charge >= 0.3 is 0 Å². The van der Waals surface area contributed by atoms with Crippen molar-refractivity contribution in [3.8, 4) is 0 Å². The highest BCUT2D eigenvalue weighted by molar-refractivity contribution is 8.00. The van der Waals surface area contributed by atoms with E-state index in [1.165, 1.54) is 11.8 Å². The third kappa shape index (κ3) is 4.00. The number of hydrogen-bond acceptors (Lipinski definition) is 5. The van der Waals surface area contributed by atoms with Gasteiger partial charge in [-0.1, -0.05) is 61.2 Å². The lowest BCUT2D eigenvalue weighted by molar-refractivity contribution is -0.116. The number of nitrogens with zero attached hydrogens (tertiary/aromatic N) is 3. The smallest absolute Gasteiger partial charge is 0.240 e. The van der Waals surface area contributed by atoms with E-state index in [0.29, 0.717) is 0 Å². The predicted molar refractivity (Wildman–Crippen MR) is 117 cm³/mol. The first-order valence-electron chi connectivity index (χ1n) is 9.87. The van der Waals surface area contributed by atoms with E-state index >= 15 is 0 Å². The van der Waals surface area contributed by atoms with Gasteiger partial charge in [0.25, 0.3) is 0 Å². The van der Waals surface area contributed by atoms with Crippen molar-refractivity contribution in [2.75, 3.05) is 10.7 Å². The zero-order valence-electron chi connectivity index (χ0n) is 16.8. The molecule has 0 saturated carbocycles. The molecule has 0 unspecified atom stereocenters. The molecule has 4 rings (SSSR count). The van der Waals surface area contributed by atoms with Gasteiger partial charge in [0, 0.05) is 12.1 Å². The molecule has 3 aromatic rings. The van der Waals surface area contributed by atoms with Crippen LogP contribution in [0.4, 0.5) is 5.69 Å². The van der Waals surface area contributed by atoms with Crippen LogP contribution in [0, 0.1) is 13.8 Å². The summed E-state index contributed by atoms with van der Waals surface area (Å²) in [7, 11) is 0. The maximum absolute atomic E-state index is 13.3. The topological polar surface area (TPSA) is 71.8 Å². The van der Waals surface area contributed by atoms with Crippen molar-refractivity contribution in [3.05, 3.63) is 71.0 Å². The largest absolute Gasteiger partial charge is 0.325 e. The number of aromatic nitrogens is 3. The van der Waals surface area contributed by atoms with Gasteiger partial charge in [0.2, 0.25) is 11.1 Å². The maximum atomic E-state index is 13.3. The molecule has 2 heterocycles. The van der Waals surface area contributed by atoms with Gasteiger partial charge in [-0.2, -0.15) is 0 Å². The molecule has 1 amide bonds. The summed E-state index contributed by atoms with van der Waals surface area (Å²) in [5.74, 6) is 0.848. The highest BCUT2D eigenvalue weighted by atomic mass is 32.2. The Morgan fingerprint density at radius 3 is 2.72 bits per heavy atom. The monoisotopic (exact) mass is 407 g/mol. The summed E-state index contributed by atoms with van der Waals surface area (Å²) in [6.07, 6.45) is 1.82. The molecular formula is C22H25N5OS.